The molecule has 2 aromatic carbocycles. The molecule has 6 heteroatoms. The van der Waals surface area contributed by atoms with Gasteiger partial charge in [0.2, 0.25) is 11.8 Å². The predicted molar refractivity (Wildman–Crippen MR) is 113 cm³/mol. The number of carbonyl (C=O) groups excluding carboxylic acids is 2. The minimum absolute atomic E-state index is 0.0219. The Bertz CT molecular complexity index is 823. The molecule has 0 radical (unpaired) electrons. The maximum absolute atomic E-state index is 12.2. The highest BCUT2D eigenvalue weighted by Gasteiger charge is 2.14. The Hall–Kier alpha value is -2.53. The third-order valence-corrected chi connectivity index (χ3v) is 4.84. The van der Waals surface area contributed by atoms with E-state index >= 15 is 0 Å². The molecule has 28 heavy (non-hydrogen) atoms. The second kappa shape index (κ2) is 10.7. The van der Waals surface area contributed by atoms with E-state index in [1.54, 1.807) is 13.1 Å². The van der Waals surface area contributed by atoms with Crippen LogP contribution in [0.4, 0.5) is 5.69 Å². The van der Waals surface area contributed by atoms with Gasteiger partial charge in [-0.15, -0.1) is 0 Å². The van der Waals surface area contributed by atoms with Crippen LogP contribution in [0.15, 0.2) is 42.5 Å². The summed E-state index contributed by atoms with van der Waals surface area (Å²) in [5, 5.41) is 3.58. The van der Waals surface area contributed by atoms with Gasteiger partial charge in [0, 0.05) is 24.2 Å². The molecule has 0 aliphatic carbocycles. The van der Waals surface area contributed by atoms with E-state index < -0.39 is 0 Å². The first-order valence-corrected chi connectivity index (χ1v) is 9.79. The molecule has 0 saturated carbocycles. The van der Waals surface area contributed by atoms with Crippen molar-refractivity contribution in [3.05, 3.63) is 58.6 Å². The first-order chi connectivity index (χ1) is 13.4. The summed E-state index contributed by atoms with van der Waals surface area (Å²) in [5.41, 5.74) is 2.81. The highest BCUT2D eigenvalue weighted by molar-refractivity contribution is 6.31. The fourth-order valence-electron chi connectivity index (χ4n) is 2.76. The third-order valence-electron chi connectivity index (χ3n) is 4.41. The van der Waals surface area contributed by atoms with Gasteiger partial charge >= 0.3 is 0 Å². The molecule has 0 aromatic heterocycles. The quantitative estimate of drug-likeness (QED) is 0.629. The van der Waals surface area contributed by atoms with Crippen LogP contribution >= 0.6 is 11.6 Å². The number of nitrogens with zero attached hydrogens (tertiary/aromatic N) is 1. The SMILES string of the molecule is CCc1ccccc1NC(=O)CN(C)C(=O)CCCOc1ccc(Cl)c(C)c1. The number of carbonyl (C=O) groups is 2. The Labute approximate surface area is 171 Å². The zero-order chi connectivity index (χ0) is 20.5. The monoisotopic (exact) mass is 402 g/mol. The summed E-state index contributed by atoms with van der Waals surface area (Å²) in [5.74, 6) is 0.441. The van der Waals surface area contributed by atoms with Gasteiger partial charge in [0.1, 0.15) is 5.75 Å². The highest BCUT2D eigenvalue weighted by atomic mass is 35.5. The maximum Gasteiger partial charge on any atom is 0.243 e. The molecule has 2 aromatic rings. The summed E-state index contributed by atoms with van der Waals surface area (Å²) in [7, 11) is 1.64. The van der Waals surface area contributed by atoms with E-state index in [0.717, 1.165) is 29.0 Å². The van der Waals surface area contributed by atoms with Crippen molar-refractivity contribution in [1.82, 2.24) is 4.90 Å². The number of halogens is 1. The number of rotatable bonds is 9. The van der Waals surface area contributed by atoms with Gasteiger partial charge in [-0.1, -0.05) is 36.7 Å². The van der Waals surface area contributed by atoms with E-state index in [4.69, 9.17) is 16.3 Å². The summed E-state index contributed by atoms with van der Waals surface area (Å²) in [6.45, 7) is 4.40. The molecule has 0 heterocycles. The summed E-state index contributed by atoms with van der Waals surface area (Å²) in [6, 6.07) is 13.1. The number of nitrogens with one attached hydrogen (secondary N) is 1. The Balaban J connectivity index is 1.73. The van der Waals surface area contributed by atoms with Crippen LogP contribution in [0.1, 0.15) is 30.9 Å². The van der Waals surface area contributed by atoms with Crippen LogP contribution in [0.3, 0.4) is 0 Å². The number of hydrogen-bond acceptors (Lipinski definition) is 3. The number of amides is 2. The van der Waals surface area contributed by atoms with E-state index in [1.165, 1.54) is 4.90 Å². The molecule has 2 amide bonds. The van der Waals surface area contributed by atoms with Crippen LogP contribution in [-0.2, 0) is 16.0 Å². The van der Waals surface area contributed by atoms with Crippen LogP contribution in [-0.4, -0.2) is 36.9 Å². The zero-order valence-electron chi connectivity index (χ0n) is 16.6. The molecular formula is C22H27ClN2O3. The number of likely N-dealkylation sites (N-methyl/N-ethyl adjacent to an activating group) is 1. The average molecular weight is 403 g/mol. The number of anilines is 1. The zero-order valence-corrected chi connectivity index (χ0v) is 17.4. The lowest BCUT2D eigenvalue weighted by Crippen LogP contribution is -2.35. The number of aryl methyl sites for hydroxylation is 2. The van der Waals surface area contributed by atoms with Crippen molar-refractivity contribution in [1.29, 1.82) is 0 Å². The van der Waals surface area contributed by atoms with E-state index in [1.807, 2.05) is 50.2 Å². The second-order valence-corrected chi connectivity index (χ2v) is 7.08. The summed E-state index contributed by atoms with van der Waals surface area (Å²) >= 11 is 5.99. The minimum atomic E-state index is -0.204. The Morgan fingerprint density at radius 2 is 1.93 bits per heavy atom. The average Bonchev–Trinajstić information content (AvgIpc) is 2.68. The molecule has 0 spiro atoms. The van der Waals surface area contributed by atoms with Crippen molar-refractivity contribution in [2.24, 2.45) is 0 Å². The Morgan fingerprint density at radius 1 is 1.18 bits per heavy atom. The molecule has 0 aliphatic rings. The van der Waals surface area contributed by atoms with Gasteiger partial charge in [-0.25, -0.2) is 0 Å². The van der Waals surface area contributed by atoms with Crippen molar-refractivity contribution in [3.8, 4) is 5.75 Å². The fourth-order valence-corrected chi connectivity index (χ4v) is 2.87. The molecule has 0 atom stereocenters. The lowest BCUT2D eigenvalue weighted by Gasteiger charge is -2.17. The molecule has 2 rings (SSSR count). The molecule has 0 bridgehead atoms. The third kappa shape index (κ3) is 6.57. The molecule has 0 fully saturated rings. The highest BCUT2D eigenvalue weighted by Crippen LogP contribution is 2.21. The van der Waals surface area contributed by atoms with Crippen LogP contribution in [0.25, 0.3) is 0 Å². The molecule has 0 saturated heterocycles. The Kier molecular flexibility index (Phi) is 8.33. The molecular weight excluding hydrogens is 376 g/mol. The van der Waals surface area contributed by atoms with E-state index in [9.17, 15) is 9.59 Å². The van der Waals surface area contributed by atoms with Crippen molar-refractivity contribution >= 4 is 29.1 Å². The number of benzene rings is 2. The van der Waals surface area contributed by atoms with Gasteiger partial charge < -0.3 is 15.0 Å². The lowest BCUT2D eigenvalue weighted by atomic mass is 10.1. The summed E-state index contributed by atoms with van der Waals surface area (Å²) in [4.78, 5) is 25.9. The standard InChI is InChI=1S/C22H27ClN2O3/c1-4-17-8-5-6-9-20(17)24-21(26)15-25(3)22(27)10-7-13-28-18-11-12-19(23)16(2)14-18/h5-6,8-9,11-12,14H,4,7,10,13,15H2,1-3H3,(H,24,26). The van der Waals surface area contributed by atoms with Gasteiger partial charge in [0.15, 0.2) is 0 Å². The molecule has 1 N–H and O–H groups in total. The van der Waals surface area contributed by atoms with Crippen LogP contribution < -0.4 is 10.1 Å². The van der Waals surface area contributed by atoms with Gasteiger partial charge in [-0.05, 0) is 55.2 Å². The summed E-state index contributed by atoms with van der Waals surface area (Å²) < 4.78 is 5.65. The van der Waals surface area contributed by atoms with Crippen molar-refractivity contribution in [3.63, 3.8) is 0 Å². The number of para-hydroxylation sites is 1. The normalized spacial score (nSPS) is 10.4. The predicted octanol–water partition coefficient (Wildman–Crippen LogP) is 4.47. The van der Waals surface area contributed by atoms with Crippen molar-refractivity contribution < 1.29 is 14.3 Å². The molecule has 150 valence electrons. The van der Waals surface area contributed by atoms with Gasteiger partial charge in [-0.3, -0.25) is 9.59 Å². The van der Waals surface area contributed by atoms with Crippen LogP contribution in [0, 0.1) is 6.92 Å². The molecule has 0 aliphatic heterocycles. The number of ether oxygens (including phenoxy) is 1. The minimum Gasteiger partial charge on any atom is -0.494 e. The van der Waals surface area contributed by atoms with Gasteiger partial charge in [0.25, 0.3) is 0 Å². The van der Waals surface area contributed by atoms with Crippen LogP contribution in [0.5, 0.6) is 5.75 Å². The summed E-state index contributed by atoms with van der Waals surface area (Å²) in [6.07, 6.45) is 1.73. The molecule has 0 unspecified atom stereocenters. The van der Waals surface area contributed by atoms with Gasteiger partial charge in [0.05, 0.1) is 13.2 Å². The second-order valence-electron chi connectivity index (χ2n) is 6.67. The van der Waals surface area contributed by atoms with E-state index in [2.05, 4.69) is 5.32 Å². The van der Waals surface area contributed by atoms with E-state index in [-0.39, 0.29) is 18.4 Å². The van der Waals surface area contributed by atoms with Gasteiger partial charge in [-0.2, -0.15) is 0 Å². The number of hydrogen-bond donors (Lipinski definition) is 1. The first kappa shape index (κ1) is 21.8. The van der Waals surface area contributed by atoms with Crippen molar-refractivity contribution in [2.45, 2.75) is 33.1 Å². The smallest absolute Gasteiger partial charge is 0.243 e. The fraction of sp³-hybridized carbons (Fsp3) is 0.364. The van der Waals surface area contributed by atoms with E-state index in [0.29, 0.717) is 24.5 Å². The van der Waals surface area contributed by atoms with Crippen LogP contribution in [0.2, 0.25) is 5.02 Å². The topological polar surface area (TPSA) is 58.6 Å². The van der Waals surface area contributed by atoms with Crippen molar-refractivity contribution in [2.75, 3.05) is 25.5 Å². The first-order valence-electron chi connectivity index (χ1n) is 9.41. The Morgan fingerprint density at radius 3 is 2.64 bits per heavy atom. The maximum atomic E-state index is 12.2. The molecule has 5 nitrogen and oxygen atoms in total. The lowest BCUT2D eigenvalue weighted by molar-refractivity contribution is -0.133. The largest absolute Gasteiger partial charge is 0.494 e.